The van der Waals surface area contributed by atoms with E-state index in [-0.39, 0.29) is 12.5 Å². The fourth-order valence-electron chi connectivity index (χ4n) is 2.07. The monoisotopic (exact) mass is 220 g/mol. The highest BCUT2D eigenvalue weighted by molar-refractivity contribution is 5.99. The van der Waals surface area contributed by atoms with Crippen LogP contribution in [-0.2, 0) is 4.79 Å². The first kappa shape index (κ1) is 10.8. The molecule has 0 saturated heterocycles. The summed E-state index contributed by atoms with van der Waals surface area (Å²) < 4.78 is 5.48. The van der Waals surface area contributed by atoms with Crippen LogP contribution < -0.4 is 15.4 Å². The molecule has 4 heteroatoms. The Bertz CT molecular complexity index is 481. The maximum Gasteiger partial charge on any atom is 0.264 e. The lowest BCUT2D eigenvalue weighted by Gasteiger charge is -2.30. The first-order chi connectivity index (χ1) is 7.45. The van der Waals surface area contributed by atoms with E-state index in [1.54, 1.807) is 11.9 Å². The van der Waals surface area contributed by atoms with Crippen molar-refractivity contribution in [3.63, 3.8) is 0 Å². The molecular formula is C12H16N2O2. The van der Waals surface area contributed by atoms with E-state index >= 15 is 0 Å². The van der Waals surface area contributed by atoms with Gasteiger partial charge in [-0.1, -0.05) is 0 Å². The van der Waals surface area contributed by atoms with Crippen molar-refractivity contribution >= 4 is 17.3 Å². The molecule has 86 valence electrons. The molecule has 0 unspecified atom stereocenters. The number of likely N-dealkylation sites (N-methyl/N-ethyl adjacent to an activating group) is 1. The zero-order valence-electron chi connectivity index (χ0n) is 10.0. The van der Waals surface area contributed by atoms with Crippen LogP contribution in [0.25, 0.3) is 0 Å². The Hall–Kier alpha value is -1.71. The molecule has 1 aromatic carbocycles. The highest BCUT2D eigenvalue weighted by Gasteiger charge is 2.27. The van der Waals surface area contributed by atoms with Crippen molar-refractivity contribution in [2.75, 3.05) is 24.3 Å². The molecule has 1 aliphatic rings. The summed E-state index contributed by atoms with van der Waals surface area (Å²) >= 11 is 0. The van der Waals surface area contributed by atoms with Gasteiger partial charge < -0.3 is 15.4 Å². The minimum absolute atomic E-state index is 0.0285. The molecule has 0 spiro atoms. The highest BCUT2D eigenvalue weighted by Crippen LogP contribution is 2.42. The minimum atomic E-state index is -0.0285. The van der Waals surface area contributed by atoms with Gasteiger partial charge in [-0.25, -0.2) is 0 Å². The minimum Gasteiger partial charge on any atom is -0.481 e. The van der Waals surface area contributed by atoms with Crippen LogP contribution in [0.4, 0.5) is 11.4 Å². The number of anilines is 2. The van der Waals surface area contributed by atoms with Crippen LogP contribution in [0, 0.1) is 20.8 Å². The summed E-state index contributed by atoms with van der Waals surface area (Å²) in [6, 6.07) is 0. The number of amides is 1. The van der Waals surface area contributed by atoms with Crippen molar-refractivity contribution in [3.05, 3.63) is 16.7 Å². The Balaban J connectivity index is 2.77. The van der Waals surface area contributed by atoms with Gasteiger partial charge in [0.05, 0.1) is 5.69 Å². The number of hydrogen-bond donors (Lipinski definition) is 1. The number of benzene rings is 1. The van der Waals surface area contributed by atoms with E-state index < -0.39 is 0 Å². The third-order valence-corrected chi connectivity index (χ3v) is 3.33. The molecule has 4 nitrogen and oxygen atoms in total. The van der Waals surface area contributed by atoms with Gasteiger partial charge in [0, 0.05) is 18.3 Å². The van der Waals surface area contributed by atoms with E-state index in [9.17, 15) is 4.79 Å². The average Bonchev–Trinajstić information content (AvgIpc) is 2.27. The Morgan fingerprint density at radius 3 is 2.44 bits per heavy atom. The molecule has 2 N–H and O–H groups in total. The second kappa shape index (κ2) is 3.40. The van der Waals surface area contributed by atoms with Crippen LogP contribution in [0.5, 0.6) is 5.75 Å². The Morgan fingerprint density at radius 2 is 1.81 bits per heavy atom. The van der Waals surface area contributed by atoms with Crippen LogP contribution in [-0.4, -0.2) is 19.6 Å². The number of nitrogens with two attached hydrogens (primary N) is 1. The molecular weight excluding hydrogens is 204 g/mol. The fraction of sp³-hybridized carbons (Fsp3) is 0.417. The van der Waals surface area contributed by atoms with E-state index in [0.717, 1.165) is 33.8 Å². The van der Waals surface area contributed by atoms with Crippen LogP contribution in [0.1, 0.15) is 16.7 Å². The fourth-order valence-corrected chi connectivity index (χ4v) is 2.07. The molecule has 0 fully saturated rings. The molecule has 0 saturated carbocycles. The predicted molar refractivity (Wildman–Crippen MR) is 64.0 cm³/mol. The van der Waals surface area contributed by atoms with Crippen LogP contribution in [0.2, 0.25) is 0 Å². The summed E-state index contributed by atoms with van der Waals surface area (Å²) in [4.78, 5) is 13.2. The summed E-state index contributed by atoms with van der Waals surface area (Å²) in [6.45, 7) is 5.93. The van der Waals surface area contributed by atoms with Crippen molar-refractivity contribution < 1.29 is 9.53 Å². The first-order valence-corrected chi connectivity index (χ1v) is 5.23. The lowest BCUT2D eigenvalue weighted by Crippen LogP contribution is -2.36. The van der Waals surface area contributed by atoms with Crippen molar-refractivity contribution in [1.82, 2.24) is 0 Å². The Labute approximate surface area is 95.0 Å². The van der Waals surface area contributed by atoms with Gasteiger partial charge >= 0.3 is 0 Å². The second-order valence-electron chi connectivity index (χ2n) is 4.21. The van der Waals surface area contributed by atoms with Gasteiger partial charge in [0.15, 0.2) is 6.61 Å². The number of fused-ring (bicyclic) bond motifs is 1. The van der Waals surface area contributed by atoms with Crippen LogP contribution >= 0.6 is 0 Å². The molecule has 0 aromatic heterocycles. The summed E-state index contributed by atoms with van der Waals surface area (Å²) in [5, 5.41) is 0. The lowest BCUT2D eigenvalue weighted by atomic mass is 9.99. The van der Waals surface area contributed by atoms with E-state index in [1.165, 1.54) is 0 Å². The highest BCUT2D eigenvalue weighted by atomic mass is 16.5. The Kier molecular flexibility index (Phi) is 2.30. The maximum atomic E-state index is 11.6. The molecule has 1 heterocycles. The van der Waals surface area contributed by atoms with Gasteiger partial charge in [0.1, 0.15) is 5.75 Å². The lowest BCUT2D eigenvalue weighted by molar-refractivity contribution is -0.121. The average molecular weight is 220 g/mol. The molecule has 1 amide bonds. The molecule has 16 heavy (non-hydrogen) atoms. The topological polar surface area (TPSA) is 55.6 Å². The van der Waals surface area contributed by atoms with Gasteiger partial charge in [-0.15, -0.1) is 0 Å². The number of carbonyl (C=O) groups is 1. The summed E-state index contributed by atoms with van der Waals surface area (Å²) in [5.74, 6) is 0.710. The van der Waals surface area contributed by atoms with E-state index in [4.69, 9.17) is 10.5 Å². The van der Waals surface area contributed by atoms with Gasteiger partial charge in [-0.2, -0.15) is 0 Å². The summed E-state index contributed by atoms with van der Waals surface area (Å²) in [6.07, 6.45) is 0. The first-order valence-electron chi connectivity index (χ1n) is 5.23. The van der Waals surface area contributed by atoms with Crippen LogP contribution in [0.3, 0.4) is 0 Å². The number of hydrogen-bond acceptors (Lipinski definition) is 3. The molecule has 0 aliphatic carbocycles. The molecule has 2 rings (SSSR count). The second-order valence-corrected chi connectivity index (χ2v) is 4.21. The number of rotatable bonds is 0. The number of nitrogen functional groups attached to an aromatic ring is 1. The van der Waals surface area contributed by atoms with Gasteiger partial charge in [-0.3, -0.25) is 4.79 Å². The Morgan fingerprint density at radius 1 is 1.19 bits per heavy atom. The summed E-state index contributed by atoms with van der Waals surface area (Å²) in [5.41, 5.74) is 10.5. The maximum absolute atomic E-state index is 11.6. The van der Waals surface area contributed by atoms with E-state index in [1.807, 2.05) is 20.8 Å². The SMILES string of the molecule is Cc1c(C)c2c(c(C)c1N)OCC(=O)N2C. The summed E-state index contributed by atoms with van der Waals surface area (Å²) in [7, 11) is 1.77. The molecule has 1 aliphatic heterocycles. The molecule has 0 bridgehead atoms. The molecule has 0 atom stereocenters. The van der Waals surface area contributed by atoms with Gasteiger partial charge in [-0.05, 0) is 31.9 Å². The van der Waals surface area contributed by atoms with Crippen molar-refractivity contribution in [1.29, 1.82) is 0 Å². The normalized spacial score (nSPS) is 14.8. The van der Waals surface area contributed by atoms with Crippen molar-refractivity contribution in [2.45, 2.75) is 20.8 Å². The van der Waals surface area contributed by atoms with Crippen molar-refractivity contribution in [2.24, 2.45) is 0 Å². The van der Waals surface area contributed by atoms with Gasteiger partial charge in [0.2, 0.25) is 0 Å². The zero-order valence-corrected chi connectivity index (χ0v) is 10.0. The standard InChI is InChI=1S/C12H16N2O2/c1-6-7(2)11-12(8(3)10(6)13)16-5-9(15)14(11)4/h5,13H2,1-4H3. The number of nitrogens with zero attached hydrogens (tertiary/aromatic N) is 1. The number of ether oxygens (including phenoxy) is 1. The third kappa shape index (κ3) is 1.26. The van der Waals surface area contributed by atoms with Crippen molar-refractivity contribution in [3.8, 4) is 5.75 Å². The number of carbonyl (C=O) groups excluding carboxylic acids is 1. The molecule has 1 aromatic rings. The third-order valence-electron chi connectivity index (χ3n) is 3.33. The van der Waals surface area contributed by atoms with Gasteiger partial charge in [0.25, 0.3) is 5.91 Å². The largest absolute Gasteiger partial charge is 0.481 e. The van der Waals surface area contributed by atoms with E-state index in [2.05, 4.69) is 0 Å². The quantitative estimate of drug-likeness (QED) is 0.675. The zero-order chi connectivity index (χ0) is 12.0. The predicted octanol–water partition coefficient (Wildman–Crippen LogP) is 1.55. The van der Waals surface area contributed by atoms with Crippen LogP contribution in [0.15, 0.2) is 0 Å². The van der Waals surface area contributed by atoms with E-state index in [0.29, 0.717) is 0 Å². The molecule has 0 radical (unpaired) electrons. The smallest absolute Gasteiger partial charge is 0.264 e.